The van der Waals surface area contributed by atoms with E-state index in [1.165, 1.54) is 12.1 Å². The smallest absolute Gasteiger partial charge is 0.225 e. The van der Waals surface area contributed by atoms with Gasteiger partial charge in [-0.25, -0.2) is 4.39 Å². The second kappa shape index (κ2) is 9.40. The highest BCUT2D eigenvalue weighted by Gasteiger charge is 2.27. The molecular formula is C19H29FN4O2. The summed E-state index contributed by atoms with van der Waals surface area (Å²) in [6, 6.07) is 6.16. The third kappa shape index (κ3) is 5.89. The van der Waals surface area contributed by atoms with E-state index >= 15 is 0 Å². The Hall–Kier alpha value is -2.31. The molecule has 1 aromatic carbocycles. The number of carbonyl (C=O) groups excluding carboxylic acids is 1. The summed E-state index contributed by atoms with van der Waals surface area (Å²) < 4.78 is 18.7. The second-order valence-electron chi connectivity index (χ2n) is 6.90. The standard InChI is InChI=1S/C19H29FN4O2/c1-13(2)18(25)24-10-9-16(12-24)23-19(21-4)22-11-14(3)26-17-7-5-15(20)6-8-17/h5-8,13-14,16H,9-12H2,1-4H3,(H2,21,22,23). The Morgan fingerprint density at radius 3 is 2.65 bits per heavy atom. The molecule has 0 spiro atoms. The Balaban J connectivity index is 1.75. The van der Waals surface area contributed by atoms with E-state index in [0.29, 0.717) is 24.8 Å². The van der Waals surface area contributed by atoms with Crippen molar-refractivity contribution in [3.63, 3.8) is 0 Å². The Morgan fingerprint density at radius 1 is 1.35 bits per heavy atom. The van der Waals surface area contributed by atoms with Crippen LogP contribution >= 0.6 is 0 Å². The molecular weight excluding hydrogens is 335 g/mol. The Morgan fingerprint density at radius 2 is 2.04 bits per heavy atom. The molecule has 0 bridgehead atoms. The number of carbonyl (C=O) groups is 1. The predicted molar refractivity (Wildman–Crippen MR) is 101 cm³/mol. The molecule has 1 fully saturated rings. The van der Waals surface area contributed by atoms with Crippen LogP contribution in [-0.2, 0) is 4.79 Å². The number of hydrogen-bond donors (Lipinski definition) is 2. The number of aliphatic imine (C=N–C) groups is 1. The van der Waals surface area contributed by atoms with E-state index in [2.05, 4.69) is 15.6 Å². The minimum atomic E-state index is -0.283. The summed E-state index contributed by atoms with van der Waals surface area (Å²) in [5.41, 5.74) is 0. The maximum absolute atomic E-state index is 12.9. The summed E-state index contributed by atoms with van der Waals surface area (Å²) in [4.78, 5) is 18.2. The van der Waals surface area contributed by atoms with Gasteiger partial charge < -0.3 is 20.3 Å². The van der Waals surface area contributed by atoms with Gasteiger partial charge in [-0.2, -0.15) is 0 Å². The third-order valence-electron chi connectivity index (χ3n) is 4.27. The molecule has 26 heavy (non-hydrogen) atoms. The van der Waals surface area contributed by atoms with E-state index in [4.69, 9.17) is 4.74 Å². The highest BCUT2D eigenvalue weighted by atomic mass is 19.1. The lowest BCUT2D eigenvalue weighted by Crippen LogP contribution is -2.47. The molecule has 2 unspecified atom stereocenters. The summed E-state index contributed by atoms with van der Waals surface area (Å²) in [5, 5.41) is 6.59. The van der Waals surface area contributed by atoms with Crippen molar-refractivity contribution in [3.05, 3.63) is 30.1 Å². The highest BCUT2D eigenvalue weighted by molar-refractivity contribution is 5.81. The van der Waals surface area contributed by atoms with Crippen LogP contribution in [0.2, 0.25) is 0 Å². The Bertz CT molecular complexity index is 618. The minimum absolute atomic E-state index is 0.0237. The van der Waals surface area contributed by atoms with Gasteiger partial charge in [0.05, 0.1) is 6.54 Å². The topological polar surface area (TPSA) is 66.0 Å². The van der Waals surface area contributed by atoms with E-state index in [9.17, 15) is 9.18 Å². The van der Waals surface area contributed by atoms with Gasteiger partial charge in [0, 0.05) is 32.1 Å². The van der Waals surface area contributed by atoms with E-state index in [-0.39, 0.29) is 29.8 Å². The molecule has 6 nitrogen and oxygen atoms in total. The van der Waals surface area contributed by atoms with Crippen LogP contribution in [0.1, 0.15) is 27.2 Å². The van der Waals surface area contributed by atoms with Gasteiger partial charge in [0.1, 0.15) is 17.7 Å². The first-order valence-corrected chi connectivity index (χ1v) is 9.07. The van der Waals surface area contributed by atoms with Crippen LogP contribution in [0, 0.1) is 11.7 Å². The minimum Gasteiger partial charge on any atom is -0.489 e. The van der Waals surface area contributed by atoms with Crippen molar-refractivity contribution in [2.75, 3.05) is 26.7 Å². The Labute approximate surface area is 154 Å². The summed E-state index contributed by atoms with van der Waals surface area (Å²) in [5.74, 6) is 1.24. The molecule has 2 atom stereocenters. The third-order valence-corrected chi connectivity index (χ3v) is 4.27. The van der Waals surface area contributed by atoms with Crippen molar-refractivity contribution in [2.45, 2.75) is 39.3 Å². The van der Waals surface area contributed by atoms with Gasteiger partial charge in [-0.3, -0.25) is 9.79 Å². The predicted octanol–water partition coefficient (Wildman–Crippen LogP) is 2.01. The lowest BCUT2D eigenvalue weighted by Gasteiger charge is -2.21. The van der Waals surface area contributed by atoms with Crippen LogP contribution in [0.15, 0.2) is 29.3 Å². The molecule has 1 aromatic rings. The zero-order valence-corrected chi connectivity index (χ0v) is 16.0. The normalized spacial score (nSPS) is 18.8. The van der Waals surface area contributed by atoms with Crippen LogP contribution in [0.3, 0.4) is 0 Å². The van der Waals surface area contributed by atoms with Gasteiger partial charge in [-0.15, -0.1) is 0 Å². The average molecular weight is 364 g/mol. The fourth-order valence-electron chi connectivity index (χ4n) is 2.86. The summed E-state index contributed by atoms with van der Waals surface area (Å²) >= 11 is 0. The molecule has 1 aliphatic heterocycles. The zero-order valence-electron chi connectivity index (χ0n) is 16.0. The van der Waals surface area contributed by atoms with Gasteiger partial charge in [-0.1, -0.05) is 13.8 Å². The molecule has 0 saturated carbocycles. The number of nitrogens with one attached hydrogen (secondary N) is 2. The summed E-state index contributed by atoms with van der Waals surface area (Å²) in [6.45, 7) is 7.80. The van der Waals surface area contributed by atoms with Gasteiger partial charge in [0.15, 0.2) is 5.96 Å². The van der Waals surface area contributed by atoms with Gasteiger partial charge in [-0.05, 0) is 37.6 Å². The summed E-state index contributed by atoms with van der Waals surface area (Å²) in [6.07, 6.45) is 0.794. The average Bonchev–Trinajstić information content (AvgIpc) is 3.08. The highest BCUT2D eigenvalue weighted by Crippen LogP contribution is 2.14. The van der Waals surface area contributed by atoms with E-state index in [1.54, 1.807) is 19.2 Å². The maximum atomic E-state index is 12.9. The van der Waals surface area contributed by atoms with E-state index in [1.807, 2.05) is 25.7 Å². The molecule has 2 N–H and O–H groups in total. The maximum Gasteiger partial charge on any atom is 0.225 e. The van der Waals surface area contributed by atoms with Crippen LogP contribution in [0.5, 0.6) is 5.75 Å². The number of halogens is 1. The van der Waals surface area contributed by atoms with Gasteiger partial charge in [0.25, 0.3) is 0 Å². The van der Waals surface area contributed by atoms with E-state index < -0.39 is 0 Å². The van der Waals surface area contributed by atoms with Gasteiger partial charge >= 0.3 is 0 Å². The number of guanidine groups is 1. The number of ether oxygens (including phenoxy) is 1. The van der Waals surface area contributed by atoms with Crippen molar-refractivity contribution < 1.29 is 13.9 Å². The SMILES string of the molecule is CN=C(NCC(C)Oc1ccc(F)cc1)NC1CCN(C(=O)C(C)C)C1. The lowest BCUT2D eigenvalue weighted by atomic mass is 10.2. The first kappa shape index (κ1) is 20.0. The molecule has 2 rings (SSSR count). The number of benzene rings is 1. The molecule has 7 heteroatoms. The van der Waals surface area contributed by atoms with Crippen molar-refractivity contribution in [1.29, 1.82) is 0 Å². The Kier molecular flexibility index (Phi) is 7.24. The van der Waals surface area contributed by atoms with Crippen molar-refractivity contribution in [2.24, 2.45) is 10.9 Å². The quantitative estimate of drug-likeness (QED) is 0.599. The monoisotopic (exact) mass is 364 g/mol. The number of amides is 1. The largest absolute Gasteiger partial charge is 0.489 e. The number of nitrogens with zero attached hydrogens (tertiary/aromatic N) is 2. The first-order valence-electron chi connectivity index (χ1n) is 9.07. The fourth-order valence-corrected chi connectivity index (χ4v) is 2.86. The van der Waals surface area contributed by atoms with Crippen molar-refractivity contribution in [3.8, 4) is 5.75 Å². The second-order valence-corrected chi connectivity index (χ2v) is 6.90. The van der Waals surface area contributed by atoms with Crippen LogP contribution < -0.4 is 15.4 Å². The van der Waals surface area contributed by atoms with Crippen molar-refractivity contribution >= 4 is 11.9 Å². The number of hydrogen-bond acceptors (Lipinski definition) is 3. The summed E-state index contributed by atoms with van der Waals surface area (Å²) in [7, 11) is 1.72. The van der Waals surface area contributed by atoms with Crippen molar-refractivity contribution in [1.82, 2.24) is 15.5 Å². The number of rotatable bonds is 6. The molecule has 1 saturated heterocycles. The molecule has 1 heterocycles. The van der Waals surface area contributed by atoms with Gasteiger partial charge in [0.2, 0.25) is 5.91 Å². The molecule has 0 aliphatic carbocycles. The van der Waals surface area contributed by atoms with Crippen LogP contribution in [-0.4, -0.2) is 55.6 Å². The van der Waals surface area contributed by atoms with Crippen LogP contribution in [0.25, 0.3) is 0 Å². The lowest BCUT2D eigenvalue weighted by molar-refractivity contribution is -0.133. The number of likely N-dealkylation sites (tertiary alicyclic amines) is 1. The molecule has 0 radical (unpaired) electrons. The van der Waals surface area contributed by atoms with E-state index in [0.717, 1.165) is 13.0 Å². The molecule has 0 aromatic heterocycles. The fraction of sp³-hybridized carbons (Fsp3) is 0.579. The first-order chi connectivity index (χ1) is 12.4. The molecule has 1 amide bonds. The molecule has 1 aliphatic rings. The van der Waals surface area contributed by atoms with Crippen LogP contribution in [0.4, 0.5) is 4.39 Å². The zero-order chi connectivity index (χ0) is 19.1. The molecule has 144 valence electrons.